The molecule has 7 nitrogen and oxygen atoms in total. The molecule has 1 amide bonds. The summed E-state index contributed by atoms with van der Waals surface area (Å²) in [5.41, 5.74) is 2.80. The predicted octanol–water partition coefficient (Wildman–Crippen LogP) is 5.75. The smallest absolute Gasteiger partial charge is 0.416 e. The van der Waals surface area contributed by atoms with E-state index in [2.05, 4.69) is 0 Å². The number of hydrogen-bond donors (Lipinski definition) is 0. The van der Waals surface area contributed by atoms with Gasteiger partial charge < -0.3 is 18.9 Å². The maximum Gasteiger partial charge on any atom is 0.416 e. The third-order valence-corrected chi connectivity index (χ3v) is 6.54. The average molecular weight is 503 g/mol. The number of carbonyl (C=O) groups is 1. The molecule has 2 atom stereocenters. The molecule has 2 aliphatic rings. The molecule has 0 N–H and O–H groups in total. The molecule has 0 saturated carbocycles. The fourth-order valence-corrected chi connectivity index (χ4v) is 4.69. The summed E-state index contributed by atoms with van der Waals surface area (Å²) in [6, 6.07) is 23.8. The number of carbonyl (C=O) groups excluding carboxylic acids is 1. The topological polar surface area (TPSA) is 73.4 Å². The van der Waals surface area contributed by atoms with Crippen LogP contribution >= 0.6 is 0 Å². The van der Waals surface area contributed by atoms with Gasteiger partial charge in [-0.2, -0.15) is 0 Å². The molecule has 194 valence electrons. The van der Waals surface area contributed by atoms with Gasteiger partial charge in [-0.1, -0.05) is 66.7 Å². The minimum Gasteiger partial charge on any atom is -0.443 e. The van der Waals surface area contributed by atoms with Crippen LogP contribution in [0.5, 0.6) is 0 Å². The molecule has 5 rings (SSSR count). The molecule has 2 unspecified atom stereocenters. The van der Waals surface area contributed by atoms with E-state index in [1.54, 1.807) is 4.90 Å². The van der Waals surface area contributed by atoms with E-state index in [1.807, 2.05) is 93.6 Å². The first-order valence-electron chi connectivity index (χ1n) is 12.8. The van der Waals surface area contributed by atoms with E-state index in [0.717, 1.165) is 28.8 Å². The lowest BCUT2D eigenvalue weighted by atomic mass is 9.90. The number of benzene rings is 2. The van der Waals surface area contributed by atoms with Gasteiger partial charge in [-0.15, -0.1) is 0 Å². The second-order valence-corrected chi connectivity index (χ2v) is 10.5. The number of amides is 1. The van der Waals surface area contributed by atoms with Crippen LogP contribution in [0.3, 0.4) is 0 Å². The van der Waals surface area contributed by atoms with E-state index in [-0.39, 0.29) is 6.10 Å². The molecule has 1 aromatic heterocycles. The largest absolute Gasteiger partial charge is 0.443 e. The summed E-state index contributed by atoms with van der Waals surface area (Å²) in [6.45, 7) is 7.89. The maximum atomic E-state index is 13.3. The van der Waals surface area contributed by atoms with Crippen molar-refractivity contribution in [2.24, 2.45) is 0 Å². The highest BCUT2D eigenvalue weighted by atomic mass is 16.6. The van der Waals surface area contributed by atoms with E-state index in [0.29, 0.717) is 38.8 Å². The minimum atomic E-state index is -0.635. The first kappa shape index (κ1) is 25.4. The Balaban J connectivity index is 1.46. The standard InChI is InChI=1S/C30H34N2O5/c1-29(2,3)37-28(33)32(18-22-10-6-4-7-11-22)27-15-14-24(30-16-17-34-21-26(30)36-30)25(31-27)20-35-19-23-12-8-5-9-13-23/h4-15,26H,16-21H2,1-3H3. The Morgan fingerprint density at radius 3 is 2.38 bits per heavy atom. The van der Waals surface area contributed by atoms with Gasteiger partial charge in [-0.25, -0.2) is 9.78 Å². The number of nitrogens with zero attached hydrogens (tertiary/aromatic N) is 2. The van der Waals surface area contributed by atoms with Crippen molar-refractivity contribution < 1.29 is 23.7 Å². The average Bonchev–Trinajstić information content (AvgIpc) is 3.63. The maximum absolute atomic E-state index is 13.3. The van der Waals surface area contributed by atoms with E-state index in [9.17, 15) is 4.79 Å². The van der Waals surface area contributed by atoms with Gasteiger partial charge in [0.1, 0.15) is 23.1 Å². The van der Waals surface area contributed by atoms with Crippen LogP contribution in [0.1, 0.15) is 49.6 Å². The number of anilines is 1. The first-order chi connectivity index (χ1) is 17.8. The normalized spacial score (nSPS) is 20.7. The summed E-state index contributed by atoms with van der Waals surface area (Å²) in [5, 5.41) is 0. The molecule has 0 radical (unpaired) electrons. The predicted molar refractivity (Wildman–Crippen MR) is 140 cm³/mol. The Kier molecular flexibility index (Phi) is 7.29. The SMILES string of the molecule is CC(C)(C)OC(=O)N(Cc1ccccc1)c1ccc(C23CCOCC2O3)c(COCc2ccccc2)n1. The Morgan fingerprint density at radius 1 is 1.00 bits per heavy atom. The van der Waals surface area contributed by atoms with Crippen molar-refractivity contribution in [3.63, 3.8) is 0 Å². The van der Waals surface area contributed by atoms with Crippen LogP contribution in [0.2, 0.25) is 0 Å². The van der Waals surface area contributed by atoms with Gasteiger partial charge in [0.25, 0.3) is 0 Å². The lowest BCUT2D eigenvalue weighted by molar-refractivity contribution is 0.0575. The van der Waals surface area contributed by atoms with Crippen molar-refractivity contribution in [3.8, 4) is 0 Å². The van der Waals surface area contributed by atoms with Crippen LogP contribution in [0.25, 0.3) is 0 Å². The first-order valence-corrected chi connectivity index (χ1v) is 12.8. The van der Waals surface area contributed by atoms with Gasteiger partial charge in [0, 0.05) is 18.6 Å². The molecule has 2 saturated heterocycles. The second-order valence-electron chi connectivity index (χ2n) is 10.5. The van der Waals surface area contributed by atoms with E-state index >= 15 is 0 Å². The lowest BCUT2D eigenvalue weighted by Crippen LogP contribution is -2.37. The summed E-state index contributed by atoms with van der Waals surface area (Å²) in [5.74, 6) is 0.515. The summed E-state index contributed by atoms with van der Waals surface area (Å²) in [7, 11) is 0. The molecular formula is C30H34N2O5. The highest BCUT2D eigenvalue weighted by Gasteiger charge is 2.60. The van der Waals surface area contributed by atoms with Crippen LogP contribution in [-0.4, -0.2) is 36.0 Å². The second kappa shape index (κ2) is 10.6. The molecule has 2 aliphatic heterocycles. The number of pyridine rings is 1. The van der Waals surface area contributed by atoms with Crippen molar-refractivity contribution >= 4 is 11.9 Å². The number of rotatable bonds is 8. The van der Waals surface area contributed by atoms with Gasteiger partial charge >= 0.3 is 6.09 Å². The Hall–Kier alpha value is -3.26. The molecule has 3 aromatic rings. The molecular weight excluding hydrogens is 468 g/mol. The molecule has 0 spiro atoms. The van der Waals surface area contributed by atoms with E-state index in [1.165, 1.54) is 0 Å². The summed E-state index contributed by atoms with van der Waals surface area (Å²) >= 11 is 0. The molecule has 0 aliphatic carbocycles. The Morgan fingerprint density at radius 2 is 1.70 bits per heavy atom. The van der Waals surface area contributed by atoms with Crippen molar-refractivity contribution in [3.05, 3.63) is 95.2 Å². The van der Waals surface area contributed by atoms with Crippen LogP contribution in [0.15, 0.2) is 72.8 Å². The van der Waals surface area contributed by atoms with Gasteiger partial charge in [0.15, 0.2) is 0 Å². The Bertz CT molecular complexity index is 1210. The third-order valence-electron chi connectivity index (χ3n) is 6.54. The number of fused-ring (bicyclic) bond motifs is 1. The number of epoxide rings is 1. The third kappa shape index (κ3) is 6.01. The molecule has 3 heterocycles. The molecule has 7 heteroatoms. The molecule has 37 heavy (non-hydrogen) atoms. The van der Waals surface area contributed by atoms with Crippen LogP contribution in [0.4, 0.5) is 10.6 Å². The lowest BCUT2D eigenvalue weighted by Gasteiger charge is -2.28. The fraction of sp³-hybridized carbons (Fsp3) is 0.400. The van der Waals surface area contributed by atoms with Crippen molar-refractivity contribution in [2.75, 3.05) is 18.1 Å². The van der Waals surface area contributed by atoms with Gasteiger partial charge in [0.05, 0.1) is 32.1 Å². The molecule has 0 bridgehead atoms. The summed E-state index contributed by atoms with van der Waals surface area (Å²) < 4.78 is 23.6. The molecule has 2 fully saturated rings. The van der Waals surface area contributed by atoms with Crippen LogP contribution < -0.4 is 4.90 Å². The molecule has 2 aromatic carbocycles. The zero-order valence-electron chi connectivity index (χ0n) is 21.7. The quantitative estimate of drug-likeness (QED) is 0.365. The summed E-state index contributed by atoms with van der Waals surface area (Å²) in [4.78, 5) is 19.9. The van der Waals surface area contributed by atoms with Crippen LogP contribution in [-0.2, 0) is 44.3 Å². The highest BCUT2D eigenvalue weighted by molar-refractivity contribution is 5.86. The number of ether oxygens (including phenoxy) is 4. The van der Waals surface area contributed by atoms with Gasteiger partial charge in [-0.05, 0) is 38.0 Å². The van der Waals surface area contributed by atoms with Crippen molar-refractivity contribution in [1.82, 2.24) is 4.98 Å². The monoisotopic (exact) mass is 502 g/mol. The van der Waals surface area contributed by atoms with Crippen molar-refractivity contribution in [2.45, 2.75) is 64.3 Å². The van der Waals surface area contributed by atoms with Crippen LogP contribution in [0, 0.1) is 0 Å². The zero-order valence-corrected chi connectivity index (χ0v) is 21.7. The van der Waals surface area contributed by atoms with Gasteiger partial charge in [-0.3, -0.25) is 4.90 Å². The number of hydrogen-bond acceptors (Lipinski definition) is 6. The minimum absolute atomic E-state index is 0.0213. The number of aromatic nitrogens is 1. The van der Waals surface area contributed by atoms with Gasteiger partial charge in [0.2, 0.25) is 0 Å². The zero-order chi connectivity index (χ0) is 25.9. The van der Waals surface area contributed by atoms with E-state index < -0.39 is 17.3 Å². The van der Waals surface area contributed by atoms with E-state index in [4.69, 9.17) is 23.9 Å². The van der Waals surface area contributed by atoms with Crippen molar-refractivity contribution in [1.29, 1.82) is 0 Å². The fourth-order valence-electron chi connectivity index (χ4n) is 4.69. The highest BCUT2D eigenvalue weighted by Crippen LogP contribution is 2.52. The summed E-state index contributed by atoms with van der Waals surface area (Å²) in [6.07, 6.45) is 0.343. The Labute approximate surface area is 218 Å².